The molecule has 3 rings (SSSR count). The zero-order valence-electron chi connectivity index (χ0n) is 10.3. The molecular weight excluding hydrogens is 245 g/mol. The summed E-state index contributed by atoms with van der Waals surface area (Å²) < 4.78 is 19.2. The highest BCUT2D eigenvalue weighted by Gasteiger charge is 2.16. The second-order valence-electron chi connectivity index (χ2n) is 4.15. The van der Waals surface area contributed by atoms with Crippen LogP contribution in [0.5, 0.6) is 5.75 Å². The summed E-state index contributed by atoms with van der Waals surface area (Å²) in [5.41, 5.74) is 8.10. The number of para-hydroxylation sites is 1. The zero-order chi connectivity index (χ0) is 13.4. The van der Waals surface area contributed by atoms with Gasteiger partial charge in [0.25, 0.3) is 0 Å². The van der Waals surface area contributed by atoms with Crippen LogP contribution in [0.15, 0.2) is 36.4 Å². The quantitative estimate of drug-likeness (QED) is 0.694. The van der Waals surface area contributed by atoms with Crippen molar-refractivity contribution in [1.82, 2.24) is 9.97 Å². The molecule has 1 aromatic heterocycles. The van der Waals surface area contributed by atoms with Crippen molar-refractivity contribution in [2.75, 3.05) is 12.8 Å². The number of nitrogens with zero attached hydrogens (tertiary/aromatic N) is 1. The number of hydrogen-bond donors (Lipinski definition) is 2. The van der Waals surface area contributed by atoms with Crippen molar-refractivity contribution in [3.05, 3.63) is 42.2 Å². The minimum atomic E-state index is -0.392. The van der Waals surface area contributed by atoms with Gasteiger partial charge in [-0.1, -0.05) is 12.1 Å². The number of halogens is 1. The zero-order valence-corrected chi connectivity index (χ0v) is 10.3. The predicted molar refractivity (Wildman–Crippen MR) is 72.5 cm³/mol. The minimum absolute atomic E-state index is 0.306. The van der Waals surface area contributed by atoms with Gasteiger partial charge in [-0.3, -0.25) is 0 Å². The van der Waals surface area contributed by atoms with Crippen molar-refractivity contribution < 1.29 is 9.13 Å². The molecule has 3 aromatic rings. The molecule has 96 valence electrons. The first kappa shape index (κ1) is 11.5. The maximum Gasteiger partial charge on any atom is 0.145 e. The lowest BCUT2D eigenvalue weighted by Crippen LogP contribution is -1.92. The van der Waals surface area contributed by atoms with Crippen LogP contribution >= 0.6 is 0 Å². The van der Waals surface area contributed by atoms with E-state index in [1.54, 1.807) is 18.2 Å². The number of benzene rings is 2. The molecule has 0 unspecified atom stereocenters. The number of nitrogens with one attached hydrogen (secondary N) is 1. The fourth-order valence-corrected chi connectivity index (χ4v) is 2.08. The van der Waals surface area contributed by atoms with Gasteiger partial charge in [-0.05, 0) is 24.3 Å². The van der Waals surface area contributed by atoms with Crippen molar-refractivity contribution >= 4 is 16.7 Å². The van der Waals surface area contributed by atoms with Gasteiger partial charge >= 0.3 is 0 Å². The van der Waals surface area contributed by atoms with Crippen LogP contribution in [0.3, 0.4) is 0 Å². The third-order valence-electron chi connectivity index (χ3n) is 2.98. The van der Waals surface area contributed by atoms with Gasteiger partial charge in [-0.2, -0.15) is 0 Å². The van der Waals surface area contributed by atoms with E-state index in [9.17, 15) is 4.39 Å². The highest BCUT2D eigenvalue weighted by molar-refractivity contribution is 5.89. The van der Waals surface area contributed by atoms with Gasteiger partial charge in [0.1, 0.15) is 22.9 Å². The van der Waals surface area contributed by atoms with Gasteiger partial charge < -0.3 is 15.5 Å². The smallest absolute Gasteiger partial charge is 0.145 e. The van der Waals surface area contributed by atoms with Crippen LogP contribution in [0.25, 0.3) is 22.4 Å². The van der Waals surface area contributed by atoms with E-state index in [2.05, 4.69) is 9.97 Å². The molecule has 0 aliphatic rings. The SMILES string of the molecule is COc1cccc(F)c1-c1nc2c(N)cccc2[nH]1. The van der Waals surface area contributed by atoms with Crippen LogP contribution in [0, 0.1) is 5.82 Å². The van der Waals surface area contributed by atoms with Crippen molar-refractivity contribution in [2.45, 2.75) is 0 Å². The summed E-state index contributed by atoms with van der Waals surface area (Å²) in [6.07, 6.45) is 0. The molecule has 0 bridgehead atoms. The molecule has 3 N–H and O–H groups in total. The molecule has 0 aliphatic carbocycles. The molecule has 0 amide bonds. The number of nitrogen functional groups attached to an aromatic ring is 1. The Kier molecular flexibility index (Phi) is 2.59. The number of H-pyrrole nitrogens is 1. The van der Waals surface area contributed by atoms with E-state index in [1.807, 2.05) is 12.1 Å². The molecular formula is C14H12FN3O. The standard InChI is InChI=1S/C14H12FN3O/c1-19-11-7-2-4-8(15)12(11)14-17-10-6-3-5-9(16)13(10)18-14/h2-7H,16H2,1H3,(H,17,18). The van der Waals surface area contributed by atoms with Gasteiger partial charge in [0, 0.05) is 0 Å². The number of aromatic nitrogens is 2. The van der Waals surface area contributed by atoms with Crippen molar-refractivity contribution in [3.63, 3.8) is 0 Å². The molecule has 0 spiro atoms. The lowest BCUT2D eigenvalue weighted by Gasteiger charge is -2.06. The van der Waals surface area contributed by atoms with E-state index in [-0.39, 0.29) is 0 Å². The molecule has 19 heavy (non-hydrogen) atoms. The largest absolute Gasteiger partial charge is 0.496 e. The normalized spacial score (nSPS) is 10.8. The second-order valence-corrected chi connectivity index (χ2v) is 4.15. The molecule has 2 aromatic carbocycles. The Morgan fingerprint density at radius 2 is 2.00 bits per heavy atom. The molecule has 0 saturated carbocycles. The summed E-state index contributed by atoms with van der Waals surface area (Å²) in [5.74, 6) is 0.442. The van der Waals surface area contributed by atoms with Gasteiger partial charge in [0.15, 0.2) is 0 Å². The van der Waals surface area contributed by atoms with Crippen LogP contribution in [-0.2, 0) is 0 Å². The van der Waals surface area contributed by atoms with E-state index in [4.69, 9.17) is 10.5 Å². The van der Waals surface area contributed by atoms with Gasteiger partial charge in [-0.15, -0.1) is 0 Å². The van der Waals surface area contributed by atoms with E-state index < -0.39 is 5.82 Å². The van der Waals surface area contributed by atoms with Crippen LogP contribution in [-0.4, -0.2) is 17.1 Å². The summed E-state index contributed by atoms with van der Waals surface area (Å²) in [6, 6.07) is 10.1. The molecule has 5 heteroatoms. The highest BCUT2D eigenvalue weighted by Crippen LogP contribution is 2.32. The third-order valence-corrected chi connectivity index (χ3v) is 2.98. The monoisotopic (exact) mass is 257 g/mol. The summed E-state index contributed by atoms with van der Waals surface area (Å²) in [5, 5.41) is 0. The van der Waals surface area contributed by atoms with E-state index in [1.165, 1.54) is 13.2 Å². The van der Waals surface area contributed by atoms with Gasteiger partial charge in [0.2, 0.25) is 0 Å². The Balaban J connectivity index is 2.28. The number of nitrogens with two attached hydrogens (primary N) is 1. The van der Waals surface area contributed by atoms with Gasteiger partial charge in [0.05, 0.1) is 23.9 Å². The summed E-state index contributed by atoms with van der Waals surface area (Å²) in [7, 11) is 1.50. The maximum absolute atomic E-state index is 14.0. The number of methoxy groups -OCH3 is 1. The number of ether oxygens (including phenoxy) is 1. The number of hydrogen-bond acceptors (Lipinski definition) is 3. The number of imidazole rings is 1. The molecule has 0 aliphatic heterocycles. The molecule has 0 atom stereocenters. The fourth-order valence-electron chi connectivity index (χ4n) is 2.08. The minimum Gasteiger partial charge on any atom is -0.496 e. The molecule has 1 heterocycles. The molecule has 0 fully saturated rings. The molecule has 0 saturated heterocycles. The summed E-state index contributed by atoms with van der Waals surface area (Å²) in [4.78, 5) is 7.41. The third kappa shape index (κ3) is 1.79. The van der Waals surface area contributed by atoms with Crippen LogP contribution in [0.4, 0.5) is 10.1 Å². The van der Waals surface area contributed by atoms with E-state index >= 15 is 0 Å². The average molecular weight is 257 g/mol. The van der Waals surface area contributed by atoms with E-state index in [0.717, 1.165) is 5.52 Å². The van der Waals surface area contributed by atoms with Crippen LogP contribution < -0.4 is 10.5 Å². The van der Waals surface area contributed by atoms with Crippen LogP contribution in [0.1, 0.15) is 0 Å². The average Bonchev–Trinajstić information content (AvgIpc) is 2.83. The first-order chi connectivity index (χ1) is 9.20. The van der Waals surface area contributed by atoms with Crippen molar-refractivity contribution in [1.29, 1.82) is 0 Å². The molecule has 0 radical (unpaired) electrons. The second kappa shape index (κ2) is 4.28. The lowest BCUT2D eigenvalue weighted by atomic mass is 10.2. The molecule has 4 nitrogen and oxygen atoms in total. The first-order valence-corrected chi connectivity index (χ1v) is 5.78. The van der Waals surface area contributed by atoms with E-state index in [0.29, 0.717) is 28.3 Å². The van der Waals surface area contributed by atoms with Crippen LogP contribution in [0.2, 0.25) is 0 Å². The highest BCUT2D eigenvalue weighted by atomic mass is 19.1. The summed E-state index contributed by atoms with van der Waals surface area (Å²) >= 11 is 0. The van der Waals surface area contributed by atoms with Gasteiger partial charge in [-0.25, -0.2) is 9.37 Å². The Hall–Kier alpha value is -2.56. The number of anilines is 1. The first-order valence-electron chi connectivity index (χ1n) is 5.78. The Morgan fingerprint density at radius 3 is 2.74 bits per heavy atom. The number of fused-ring (bicyclic) bond motifs is 1. The Labute approximate surface area is 109 Å². The number of aromatic amines is 1. The number of rotatable bonds is 2. The lowest BCUT2D eigenvalue weighted by molar-refractivity contribution is 0.413. The fraction of sp³-hybridized carbons (Fsp3) is 0.0714. The maximum atomic E-state index is 14.0. The topological polar surface area (TPSA) is 63.9 Å². The van der Waals surface area contributed by atoms with Crippen molar-refractivity contribution in [3.8, 4) is 17.1 Å². The Morgan fingerprint density at radius 1 is 1.21 bits per heavy atom. The summed E-state index contributed by atoms with van der Waals surface area (Å²) in [6.45, 7) is 0. The Bertz CT molecular complexity index is 752. The predicted octanol–water partition coefficient (Wildman–Crippen LogP) is 2.96. The van der Waals surface area contributed by atoms with Crippen molar-refractivity contribution in [2.24, 2.45) is 0 Å².